The molecule has 1 aliphatic heterocycles. The smallest absolute Gasteiger partial charge is 0.338 e. The highest BCUT2D eigenvalue weighted by Crippen LogP contribution is 2.38. The fourth-order valence-electron chi connectivity index (χ4n) is 4.11. The van der Waals surface area contributed by atoms with Crippen LogP contribution < -0.4 is 0 Å². The van der Waals surface area contributed by atoms with Crippen LogP contribution in [0.3, 0.4) is 0 Å². The fourth-order valence-corrected chi connectivity index (χ4v) is 4.11. The summed E-state index contributed by atoms with van der Waals surface area (Å²) in [6, 6.07) is 12.9. The highest BCUT2D eigenvalue weighted by molar-refractivity contribution is 6.05. The summed E-state index contributed by atoms with van der Waals surface area (Å²) in [4.78, 5) is 17.6. The Kier molecular flexibility index (Phi) is 4.27. The van der Waals surface area contributed by atoms with E-state index in [1.807, 2.05) is 6.07 Å². The number of nitrogens with zero attached hydrogens (tertiary/aromatic N) is 1. The first-order valence-corrected chi connectivity index (χ1v) is 9.15. The van der Waals surface area contributed by atoms with Crippen LogP contribution in [0.5, 0.6) is 0 Å². The number of nitrogens with one attached hydrogen (secondary N) is 1. The zero-order valence-electron chi connectivity index (χ0n) is 15.8. The highest BCUT2D eigenvalue weighted by Gasteiger charge is 2.35. The average molecular weight is 366 g/mol. The molecule has 2 aromatic carbocycles. The molecule has 140 valence electrons. The summed E-state index contributed by atoms with van der Waals surface area (Å²) >= 11 is 0. The molecular weight excluding hydrogens is 343 g/mol. The summed E-state index contributed by atoms with van der Waals surface area (Å²) in [7, 11) is 3.47. The van der Waals surface area contributed by atoms with Crippen molar-refractivity contribution >= 4 is 16.9 Å². The van der Waals surface area contributed by atoms with E-state index in [9.17, 15) is 9.18 Å². The zero-order chi connectivity index (χ0) is 19.2. The van der Waals surface area contributed by atoms with Gasteiger partial charge in [0.2, 0.25) is 0 Å². The number of benzene rings is 2. The Balaban J connectivity index is 1.74. The molecule has 1 atom stereocenters. The van der Waals surface area contributed by atoms with Crippen LogP contribution in [-0.2, 0) is 10.3 Å². The molecule has 1 saturated heterocycles. The van der Waals surface area contributed by atoms with Gasteiger partial charge >= 0.3 is 5.97 Å². The minimum absolute atomic E-state index is 0.0696. The van der Waals surface area contributed by atoms with Gasteiger partial charge in [-0.2, -0.15) is 0 Å². The van der Waals surface area contributed by atoms with E-state index in [4.69, 9.17) is 4.74 Å². The summed E-state index contributed by atoms with van der Waals surface area (Å²) in [6.45, 7) is 3.39. The van der Waals surface area contributed by atoms with Crippen LogP contribution in [0.2, 0.25) is 0 Å². The number of likely N-dealkylation sites (tertiary alicyclic amines) is 1. The highest BCUT2D eigenvalue weighted by atomic mass is 19.1. The third kappa shape index (κ3) is 2.92. The maximum Gasteiger partial charge on any atom is 0.338 e. The molecule has 0 amide bonds. The van der Waals surface area contributed by atoms with E-state index < -0.39 is 11.8 Å². The number of hydrogen-bond donors (Lipinski definition) is 1. The number of methoxy groups -OCH3 is 1. The van der Waals surface area contributed by atoms with Crippen molar-refractivity contribution in [3.8, 4) is 11.3 Å². The number of carbonyl (C=O) groups is 1. The molecule has 0 aliphatic carbocycles. The molecule has 1 N–H and O–H groups in total. The first-order chi connectivity index (χ1) is 12.9. The molecule has 0 spiro atoms. The van der Waals surface area contributed by atoms with E-state index in [2.05, 4.69) is 48.1 Å². The SMILES string of the molecule is COC(=O)c1cc(F)cc2[nH]c(-c3ccc(C4(C)CCCN4C)cc3)cc12. The third-order valence-electron chi connectivity index (χ3n) is 5.93. The Morgan fingerprint density at radius 3 is 2.59 bits per heavy atom. The van der Waals surface area contributed by atoms with Crippen LogP contribution in [-0.4, -0.2) is 36.6 Å². The second kappa shape index (κ2) is 6.50. The molecule has 0 saturated carbocycles. The molecule has 1 fully saturated rings. The van der Waals surface area contributed by atoms with Gasteiger partial charge in [0.25, 0.3) is 0 Å². The number of aromatic nitrogens is 1. The monoisotopic (exact) mass is 366 g/mol. The summed E-state index contributed by atoms with van der Waals surface area (Å²) in [5.74, 6) is -1.01. The van der Waals surface area contributed by atoms with E-state index in [0.717, 1.165) is 24.2 Å². The Morgan fingerprint density at radius 2 is 1.96 bits per heavy atom. The van der Waals surface area contributed by atoms with Gasteiger partial charge in [-0.05, 0) is 62.7 Å². The topological polar surface area (TPSA) is 45.3 Å². The number of aromatic amines is 1. The van der Waals surface area contributed by atoms with Gasteiger partial charge < -0.3 is 9.72 Å². The van der Waals surface area contributed by atoms with Gasteiger partial charge in [-0.25, -0.2) is 9.18 Å². The van der Waals surface area contributed by atoms with Gasteiger partial charge in [0.15, 0.2) is 0 Å². The van der Waals surface area contributed by atoms with Gasteiger partial charge in [-0.3, -0.25) is 4.90 Å². The van der Waals surface area contributed by atoms with Crippen molar-refractivity contribution in [3.63, 3.8) is 0 Å². The minimum Gasteiger partial charge on any atom is -0.465 e. The van der Waals surface area contributed by atoms with Crippen molar-refractivity contribution in [2.75, 3.05) is 20.7 Å². The van der Waals surface area contributed by atoms with E-state index in [0.29, 0.717) is 10.9 Å². The number of carbonyl (C=O) groups excluding carboxylic acids is 1. The van der Waals surface area contributed by atoms with E-state index in [-0.39, 0.29) is 11.1 Å². The summed E-state index contributed by atoms with van der Waals surface area (Å²) in [5, 5.41) is 0.657. The van der Waals surface area contributed by atoms with Crippen molar-refractivity contribution in [1.82, 2.24) is 9.88 Å². The second-order valence-electron chi connectivity index (χ2n) is 7.47. The molecule has 4 rings (SSSR count). The molecule has 1 aromatic heterocycles. The van der Waals surface area contributed by atoms with Crippen LogP contribution in [0.15, 0.2) is 42.5 Å². The van der Waals surface area contributed by atoms with Crippen molar-refractivity contribution in [1.29, 1.82) is 0 Å². The Bertz CT molecular complexity index is 1010. The lowest BCUT2D eigenvalue weighted by atomic mass is 9.89. The number of rotatable bonds is 3. The quantitative estimate of drug-likeness (QED) is 0.683. The number of H-pyrrole nitrogens is 1. The molecule has 27 heavy (non-hydrogen) atoms. The maximum atomic E-state index is 13.9. The standard InChI is InChI=1S/C22H23FN2O2/c1-22(9-4-10-25(22)2)15-7-5-14(6-8-15)19-13-17-18(21(26)27-3)11-16(23)12-20(17)24-19/h5-8,11-13,24H,4,9-10H2,1-3H3. The summed E-state index contributed by atoms with van der Waals surface area (Å²) in [5.41, 5.74) is 4.01. The largest absolute Gasteiger partial charge is 0.465 e. The lowest BCUT2D eigenvalue weighted by Gasteiger charge is -2.33. The van der Waals surface area contributed by atoms with Gasteiger partial charge in [0.1, 0.15) is 5.82 Å². The summed E-state index contributed by atoms with van der Waals surface area (Å²) in [6.07, 6.45) is 2.36. The van der Waals surface area contributed by atoms with Crippen LogP contribution in [0.25, 0.3) is 22.2 Å². The Morgan fingerprint density at radius 1 is 1.22 bits per heavy atom. The lowest BCUT2D eigenvalue weighted by molar-refractivity contribution is 0.0602. The van der Waals surface area contributed by atoms with Crippen LogP contribution in [0.1, 0.15) is 35.7 Å². The normalized spacial score (nSPS) is 20.3. The van der Waals surface area contributed by atoms with Crippen molar-refractivity contribution in [3.05, 3.63) is 59.4 Å². The number of ether oxygens (including phenoxy) is 1. The Hall–Kier alpha value is -2.66. The van der Waals surface area contributed by atoms with Crippen molar-refractivity contribution in [2.24, 2.45) is 0 Å². The van der Waals surface area contributed by atoms with E-state index in [1.54, 1.807) is 0 Å². The predicted octanol–water partition coefficient (Wildman–Crippen LogP) is 4.70. The van der Waals surface area contributed by atoms with Crippen LogP contribution >= 0.6 is 0 Å². The Labute approximate surface area is 157 Å². The van der Waals surface area contributed by atoms with Crippen LogP contribution in [0.4, 0.5) is 4.39 Å². The van der Waals surface area contributed by atoms with Crippen molar-refractivity contribution in [2.45, 2.75) is 25.3 Å². The third-order valence-corrected chi connectivity index (χ3v) is 5.93. The molecule has 2 heterocycles. The lowest BCUT2D eigenvalue weighted by Crippen LogP contribution is -2.35. The molecule has 1 aliphatic rings. The van der Waals surface area contributed by atoms with E-state index in [1.165, 1.54) is 31.2 Å². The molecule has 5 heteroatoms. The molecule has 0 bridgehead atoms. The van der Waals surface area contributed by atoms with Gasteiger partial charge in [-0.15, -0.1) is 0 Å². The fraction of sp³-hybridized carbons (Fsp3) is 0.318. The van der Waals surface area contributed by atoms with Gasteiger partial charge in [-0.1, -0.05) is 24.3 Å². The predicted molar refractivity (Wildman–Crippen MR) is 104 cm³/mol. The number of esters is 1. The maximum absolute atomic E-state index is 13.9. The number of fused-ring (bicyclic) bond motifs is 1. The van der Waals surface area contributed by atoms with Gasteiger partial charge in [0.05, 0.1) is 12.7 Å². The van der Waals surface area contributed by atoms with Crippen molar-refractivity contribution < 1.29 is 13.9 Å². The first kappa shape index (κ1) is 17.7. The molecular formula is C22H23FN2O2. The number of halogens is 1. The molecule has 3 aromatic rings. The molecule has 1 unspecified atom stereocenters. The van der Waals surface area contributed by atoms with E-state index >= 15 is 0 Å². The van der Waals surface area contributed by atoms with Crippen LogP contribution in [0, 0.1) is 5.82 Å². The molecule has 0 radical (unpaired) electrons. The molecule has 4 nitrogen and oxygen atoms in total. The second-order valence-corrected chi connectivity index (χ2v) is 7.47. The minimum atomic E-state index is -0.544. The van der Waals surface area contributed by atoms with Gasteiger partial charge in [0, 0.05) is 22.1 Å². The summed E-state index contributed by atoms with van der Waals surface area (Å²) < 4.78 is 18.7. The zero-order valence-corrected chi connectivity index (χ0v) is 15.8. The first-order valence-electron chi connectivity index (χ1n) is 9.15. The number of hydrogen-bond acceptors (Lipinski definition) is 3. The average Bonchev–Trinajstić information content (AvgIpc) is 3.24.